The molecule has 0 saturated carbocycles. The maximum absolute atomic E-state index is 13.3. The van der Waals surface area contributed by atoms with Crippen LogP contribution in [0.25, 0.3) is 5.76 Å². The lowest BCUT2D eigenvalue weighted by Crippen LogP contribution is -2.32. The first-order valence-corrected chi connectivity index (χ1v) is 12.9. The largest absolute Gasteiger partial charge is 0.507 e. The molecule has 2 aromatic rings. The van der Waals surface area contributed by atoms with Gasteiger partial charge in [0.1, 0.15) is 11.5 Å². The molecule has 1 heterocycles. The van der Waals surface area contributed by atoms with Crippen LogP contribution in [0.2, 0.25) is 0 Å². The van der Waals surface area contributed by atoms with E-state index in [1.807, 2.05) is 45.8 Å². The van der Waals surface area contributed by atoms with Crippen molar-refractivity contribution in [3.8, 4) is 17.2 Å². The van der Waals surface area contributed by atoms with Gasteiger partial charge in [0, 0.05) is 12.1 Å². The van der Waals surface area contributed by atoms with E-state index in [1.54, 1.807) is 41.3 Å². The summed E-state index contributed by atoms with van der Waals surface area (Å²) in [5, 5.41) is 11.3. The summed E-state index contributed by atoms with van der Waals surface area (Å²) in [5.74, 6) is 0.248. The van der Waals surface area contributed by atoms with Gasteiger partial charge < -0.3 is 29.1 Å². The number of amides is 1. The van der Waals surface area contributed by atoms with Crippen LogP contribution in [0.15, 0.2) is 48.0 Å². The number of carbonyl (C=O) groups excluding carboxylic acids is 2. The molecular weight excluding hydrogens is 472 g/mol. The average Bonchev–Trinajstić information content (AvgIpc) is 3.13. The van der Waals surface area contributed by atoms with E-state index in [0.29, 0.717) is 61.2 Å². The van der Waals surface area contributed by atoms with Gasteiger partial charge in [0.15, 0.2) is 11.5 Å². The minimum absolute atomic E-state index is 0.0590. The molecule has 1 fully saturated rings. The molecule has 3 rings (SSSR count). The molecule has 8 nitrogen and oxygen atoms in total. The van der Waals surface area contributed by atoms with Gasteiger partial charge in [-0.2, -0.15) is 0 Å². The summed E-state index contributed by atoms with van der Waals surface area (Å²) in [7, 11) is 3.92. The average molecular weight is 511 g/mol. The minimum Gasteiger partial charge on any atom is -0.507 e. The van der Waals surface area contributed by atoms with Crippen LogP contribution in [0.1, 0.15) is 50.8 Å². The third-order valence-corrected chi connectivity index (χ3v) is 6.03. The second-order valence-corrected chi connectivity index (χ2v) is 9.09. The first kappa shape index (κ1) is 28.1. The van der Waals surface area contributed by atoms with Crippen molar-refractivity contribution in [1.82, 2.24) is 9.80 Å². The molecule has 8 heteroatoms. The number of hydrogen-bond acceptors (Lipinski definition) is 7. The van der Waals surface area contributed by atoms with Gasteiger partial charge in [0.25, 0.3) is 11.7 Å². The number of ether oxygens (including phenoxy) is 3. The summed E-state index contributed by atoms with van der Waals surface area (Å²) >= 11 is 0. The lowest BCUT2D eigenvalue weighted by molar-refractivity contribution is -0.139. The van der Waals surface area contributed by atoms with Crippen molar-refractivity contribution in [3.05, 3.63) is 59.2 Å². The van der Waals surface area contributed by atoms with E-state index in [0.717, 1.165) is 13.0 Å². The Morgan fingerprint density at radius 3 is 2.27 bits per heavy atom. The smallest absolute Gasteiger partial charge is 0.295 e. The lowest BCUT2D eigenvalue weighted by atomic mass is 9.95. The molecule has 0 bridgehead atoms. The summed E-state index contributed by atoms with van der Waals surface area (Å²) in [6.45, 7) is 8.41. The van der Waals surface area contributed by atoms with Crippen molar-refractivity contribution in [3.63, 3.8) is 0 Å². The Labute approximate surface area is 219 Å². The van der Waals surface area contributed by atoms with Crippen LogP contribution in [0, 0.1) is 0 Å². The SMILES string of the molecule is CCCOc1ccc(C2/C(=C(\O)c3ccc(OCC)cc3)C(=O)C(=O)N2CCCN(C)C)cc1OCC. The molecule has 1 amide bonds. The molecule has 1 unspecified atom stereocenters. The van der Waals surface area contributed by atoms with Crippen LogP contribution in [-0.2, 0) is 9.59 Å². The first-order chi connectivity index (χ1) is 17.8. The molecule has 1 saturated heterocycles. The van der Waals surface area contributed by atoms with Crippen molar-refractivity contribution in [1.29, 1.82) is 0 Å². The topological polar surface area (TPSA) is 88.5 Å². The zero-order valence-corrected chi connectivity index (χ0v) is 22.5. The number of aliphatic hydroxyl groups excluding tert-OH is 1. The van der Waals surface area contributed by atoms with E-state index >= 15 is 0 Å². The van der Waals surface area contributed by atoms with Crippen LogP contribution < -0.4 is 14.2 Å². The number of ketones is 1. The second-order valence-electron chi connectivity index (χ2n) is 9.09. The van der Waals surface area contributed by atoms with E-state index in [9.17, 15) is 14.7 Å². The first-order valence-electron chi connectivity index (χ1n) is 12.9. The summed E-state index contributed by atoms with van der Waals surface area (Å²) in [6, 6.07) is 11.5. The molecular formula is C29H38N2O6. The Kier molecular flexibility index (Phi) is 9.97. The van der Waals surface area contributed by atoms with Gasteiger partial charge >= 0.3 is 0 Å². The Bertz CT molecular complexity index is 1110. The van der Waals surface area contributed by atoms with Crippen molar-refractivity contribution >= 4 is 17.4 Å². The van der Waals surface area contributed by atoms with E-state index in [4.69, 9.17) is 14.2 Å². The molecule has 1 aliphatic heterocycles. The molecule has 1 N–H and O–H groups in total. The number of carbonyl (C=O) groups is 2. The molecule has 1 aliphatic rings. The van der Waals surface area contributed by atoms with Gasteiger partial charge in [-0.05, 0) is 89.3 Å². The summed E-state index contributed by atoms with van der Waals surface area (Å²) in [4.78, 5) is 30.1. The third kappa shape index (κ3) is 6.63. The lowest BCUT2D eigenvalue weighted by Gasteiger charge is -2.26. The van der Waals surface area contributed by atoms with Crippen LogP contribution in [-0.4, -0.2) is 73.6 Å². The summed E-state index contributed by atoms with van der Waals surface area (Å²) < 4.78 is 17.2. The zero-order valence-electron chi connectivity index (χ0n) is 22.5. The predicted octanol–water partition coefficient (Wildman–Crippen LogP) is 4.65. The standard InChI is InChI=1S/C29H38N2O6/c1-6-18-37-23-15-12-21(19-24(23)36-8-3)26-25(27(32)20-10-13-22(14-11-20)35-7-2)28(33)29(34)31(26)17-9-16-30(4)5/h10-15,19,26,32H,6-9,16-18H2,1-5H3/b27-25+. The van der Waals surface area contributed by atoms with Gasteiger partial charge in [-0.15, -0.1) is 0 Å². The highest BCUT2D eigenvalue weighted by molar-refractivity contribution is 6.46. The monoisotopic (exact) mass is 510 g/mol. The van der Waals surface area contributed by atoms with Gasteiger partial charge in [0.2, 0.25) is 0 Å². The second kappa shape index (κ2) is 13.1. The van der Waals surface area contributed by atoms with E-state index < -0.39 is 17.7 Å². The van der Waals surface area contributed by atoms with E-state index in [2.05, 4.69) is 0 Å². The molecule has 0 aromatic heterocycles. The molecule has 200 valence electrons. The highest BCUT2D eigenvalue weighted by Crippen LogP contribution is 2.42. The number of benzene rings is 2. The van der Waals surface area contributed by atoms with Crippen molar-refractivity contribution in [2.24, 2.45) is 0 Å². The zero-order chi connectivity index (χ0) is 26.9. The van der Waals surface area contributed by atoms with Crippen LogP contribution in [0.3, 0.4) is 0 Å². The van der Waals surface area contributed by atoms with Crippen molar-refractivity contribution < 1.29 is 28.9 Å². The van der Waals surface area contributed by atoms with Gasteiger partial charge in [-0.3, -0.25) is 9.59 Å². The highest BCUT2D eigenvalue weighted by Gasteiger charge is 2.46. The summed E-state index contributed by atoms with van der Waals surface area (Å²) in [5.41, 5.74) is 1.17. The van der Waals surface area contributed by atoms with Gasteiger partial charge in [-0.25, -0.2) is 0 Å². The van der Waals surface area contributed by atoms with Crippen molar-refractivity contribution in [2.45, 2.75) is 39.7 Å². The number of rotatable bonds is 13. The van der Waals surface area contributed by atoms with Gasteiger partial charge in [0.05, 0.1) is 31.4 Å². The number of hydrogen-bond donors (Lipinski definition) is 1. The van der Waals surface area contributed by atoms with E-state index in [1.165, 1.54) is 0 Å². The molecule has 2 aromatic carbocycles. The van der Waals surface area contributed by atoms with Gasteiger partial charge in [-0.1, -0.05) is 13.0 Å². The number of aliphatic hydroxyl groups is 1. The normalized spacial score (nSPS) is 16.9. The number of likely N-dealkylation sites (tertiary alicyclic amines) is 1. The Balaban J connectivity index is 2.10. The van der Waals surface area contributed by atoms with Crippen LogP contribution in [0.4, 0.5) is 0 Å². The Morgan fingerprint density at radius 2 is 1.65 bits per heavy atom. The van der Waals surface area contributed by atoms with Crippen LogP contribution >= 0.6 is 0 Å². The maximum Gasteiger partial charge on any atom is 0.295 e. The van der Waals surface area contributed by atoms with E-state index in [-0.39, 0.29) is 11.3 Å². The minimum atomic E-state index is -0.756. The molecule has 1 atom stereocenters. The number of nitrogens with zero attached hydrogens (tertiary/aromatic N) is 2. The van der Waals surface area contributed by atoms with Crippen molar-refractivity contribution in [2.75, 3.05) is 47.0 Å². The molecule has 37 heavy (non-hydrogen) atoms. The number of Topliss-reactive ketones (excluding diaryl/α,β-unsaturated/α-hetero) is 1. The molecule has 0 spiro atoms. The summed E-state index contributed by atoms with van der Waals surface area (Å²) in [6.07, 6.45) is 1.52. The Morgan fingerprint density at radius 1 is 0.946 bits per heavy atom. The van der Waals surface area contributed by atoms with Crippen LogP contribution in [0.5, 0.6) is 17.2 Å². The fourth-order valence-electron chi connectivity index (χ4n) is 4.34. The molecule has 0 radical (unpaired) electrons. The highest BCUT2D eigenvalue weighted by atomic mass is 16.5. The Hall–Kier alpha value is -3.52. The fraction of sp³-hybridized carbons (Fsp3) is 0.448. The maximum atomic E-state index is 13.3. The molecule has 0 aliphatic carbocycles. The predicted molar refractivity (Wildman–Crippen MR) is 143 cm³/mol. The quantitative estimate of drug-likeness (QED) is 0.238. The fourth-order valence-corrected chi connectivity index (χ4v) is 4.34. The third-order valence-electron chi connectivity index (χ3n) is 6.03.